The summed E-state index contributed by atoms with van der Waals surface area (Å²) in [6.45, 7) is 4.48. The summed E-state index contributed by atoms with van der Waals surface area (Å²) >= 11 is 0. The van der Waals surface area contributed by atoms with E-state index >= 15 is 0 Å². The molecule has 0 saturated heterocycles. The van der Waals surface area contributed by atoms with E-state index in [1.54, 1.807) is 60.7 Å². The Balaban J connectivity index is 0.000000440. The standard InChI is InChI=1S/2C26H38O5S.Ca/c2*1-2-3-4-5-6-7-8-9-10-11-12-14-17-22-20-24(31-23-18-15-13-16-19-23)26(27)25(21-22)32(28,29)30;/h2*13,15-16,18-21,27H,2-12,14,17H2,1H3,(H,28,29,30);/q;;+2/p-2. The molecule has 4 aromatic carbocycles. The molecule has 13 heteroatoms. The van der Waals surface area contributed by atoms with Gasteiger partial charge in [-0.05, 0) is 91.1 Å². The average Bonchev–Trinajstić information content (AvgIpc) is 3.26. The first-order valence-electron chi connectivity index (χ1n) is 23.9. The van der Waals surface area contributed by atoms with Crippen LogP contribution in [0.3, 0.4) is 0 Å². The van der Waals surface area contributed by atoms with Crippen LogP contribution in [0.2, 0.25) is 0 Å². The van der Waals surface area contributed by atoms with E-state index in [0.717, 1.165) is 38.5 Å². The molecule has 356 valence electrons. The molecular formula is C52H74CaO10S2. The summed E-state index contributed by atoms with van der Waals surface area (Å²) in [6.07, 6.45) is 31.1. The van der Waals surface area contributed by atoms with Gasteiger partial charge in [0.05, 0.1) is 4.90 Å². The van der Waals surface area contributed by atoms with Gasteiger partial charge in [0.1, 0.15) is 32.3 Å². The molecule has 0 fully saturated rings. The van der Waals surface area contributed by atoms with E-state index in [-0.39, 0.29) is 49.2 Å². The molecule has 0 aliphatic carbocycles. The van der Waals surface area contributed by atoms with Crippen molar-refractivity contribution in [3.63, 3.8) is 0 Å². The van der Waals surface area contributed by atoms with Gasteiger partial charge in [0.2, 0.25) is 0 Å². The van der Waals surface area contributed by atoms with E-state index in [0.29, 0.717) is 35.5 Å². The van der Waals surface area contributed by atoms with Gasteiger partial charge >= 0.3 is 37.7 Å². The summed E-state index contributed by atoms with van der Waals surface area (Å²) in [7, 11) is -9.43. The number of para-hydroxylation sites is 2. The topological polar surface area (TPSA) is 173 Å². The minimum atomic E-state index is -4.87. The van der Waals surface area contributed by atoms with Crippen molar-refractivity contribution in [2.24, 2.45) is 0 Å². The van der Waals surface area contributed by atoms with E-state index in [1.807, 2.05) is 12.1 Å². The summed E-state index contributed by atoms with van der Waals surface area (Å²) in [5.74, 6) is -0.660. The Morgan fingerprint density at radius 3 is 1.15 bits per heavy atom. The fourth-order valence-electron chi connectivity index (χ4n) is 7.66. The number of hydrogen-bond donors (Lipinski definition) is 2. The number of phenols is 1. The normalized spacial score (nSPS) is 11.4. The van der Waals surface area contributed by atoms with Crippen LogP contribution < -0.4 is 14.6 Å². The van der Waals surface area contributed by atoms with E-state index in [1.165, 1.54) is 128 Å². The minimum Gasteiger partial charge on any atom is -0.869 e. The van der Waals surface area contributed by atoms with E-state index < -0.39 is 41.5 Å². The van der Waals surface area contributed by atoms with E-state index in [9.17, 15) is 36.2 Å². The summed E-state index contributed by atoms with van der Waals surface area (Å²) in [6, 6.07) is 23.2. The van der Waals surface area contributed by atoms with Crippen LogP contribution in [0.1, 0.15) is 179 Å². The Bertz CT molecular complexity index is 1950. The number of phenolic OH excluding ortho intramolecular Hbond substituents is 1. The maximum absolute atomic E-state index is 12.4. The largest absolute Gasteiger partial charge is 2.00 e. The smallest absolute Gasteiger partial charge is 0.869 e. The second-order valence-corrected chi connectivity index (χ2v) is 19.6. The molecule has 0 atom stereocenters. The zero-order chi connectivity index (χ0) is 46.5. The number of hydrogen-bond acceptors (Lipinski definition) is 9. The quantitative estimate of drug-likeness (QED) is 0.0272. The van der Waals surface area contributed by atoms with Crippen molar-refractivity contribution in [1.29, 1.82) is 0 Å². The monoisotopic (exact) mass is 962 g/mol. The molecule has 10 nitrogen and oxygen atoms in total. The number of benzene rings is 4. The van der Waals surface area contributed by atoms with E-state index in [4.69, 9.17) is 9.47 Å². The molecule has 0 amide bonds. The summed E-state index contributed by atoms with van der Waals surface area (Å²) in [5.41, 5.74) is 1.35. The molecule has 65 heavy (non-hydrogen) atoms. The van der Waals surface area contributed by atoms with Crippen LogP contribution in [0.15, 0.2) is 94.7 Å². The summed E-state index contributed by atoms with van der Waals surface area (Å²) in [5, 5.41) is 22.8. The first-order chi connectivity index (χ1) is 30.8. The van der Waals surface area contributed by atoms with Crippen LogP contribution in [0.25, 0.3) is 0 Å². The molecule has 0 aliphatic heterocycles. The fraction of sp³-hybridized carbons (Fsp3) is 0.538. The van der Waals surface area contributed by atoms with Crippen molar-refractivity contribution >= 4 is 58.0 Å². The van der Waals surface area contributed by atoms with Crippen LogP contribution in [0, 0.1) is 0 Å². The Morgan fingerprint density at radius 1 is 0.477 bits per heavy atom. The second kappa shape index (κ2) is 33.6. The Hall–Kier alpha value is -2.84. The maximum Gasteiger partial charge on any atom is 2.00 e. The Kier molecular flexibility index (Phi) is 30.1. The molecule has 0 aromatic heterocycles. The van der Waals surface area contributed by atoms with Crippen LogP contribution in [-0.4, -0.2) is 68.8 Å². The molecule has 0 bridgehead atoms. The maximum atomic E-state index is 12.4. The fourth-order valence-corrected chi connectivity index (χ4v) is 8.93. The molecule has 4 rings (SSSR count). The SMILES string of the molecule is CCCCCCCCCCCCCCc1cc(Oc2ccccc2)c(O)c(S(=O)(=O)O)c1.CCCCCCCCCCCCCCc1cc(Oc2ccccc2)c([O-])c(S(=O)(=O)[O-])c1.[Ca+2]. The molecule has 0 radical (unpaired) electrons. The molecule has 0 aliphatic rings. The summed E-state index contributed by atoms with van der Waals surface area (Å²) < 4.78 is 78.9. The van der Waals surface area contributed by atoms with Crippen LogP contribution in [0.4, 0.5) is 0 Å². The molecule has 2 N–H and O–H groups in total. The molecule has 0 unspecified atom stereocenters. The number of ether oxygens (including phenoxy) is 2. The third-order valence-electron chi connectivity index (χ3n) is 11.3. The van der Waals surface area contributed by atoms with Gasteiger partial charge in [-0.15, -0.1) is 0 Å². The van der Waals surface area contributed by atoms with Crippen molar-refractivity contribution in [2.45, 2.75) is 191 Å². The summed E-state index contributed by atoms with van der Waals surface area (Å²) in [4.78, 5) is -1.25. The second-order valence-electron chi connectivity index (χ2n) is 16.9. The molecule has 0 saturated carbocycles. The third-order valence-corrected chi connectivity index (χ3v) is 13.0. The zero-order valence-electron chi connectivity index (χ0n) is 39.2. The van der Waals surface area contributed by atoms with Crippen molar-refractivity contribution < 1.29 is 45.6 Å². The predicted molar refractivity (Wildman–Crippen MR) is 260 cm³/mol. The molecule has 0 spiro atoms. The van der Waals surface area contributed by atoms with Crippen LogP contribution in [0.5, 0.6) is 34.5 Å². The van der Waals surface area contributed by atoms with Crippen LogP contribution >= 0.6 is 0 Å². The van der Waals surface area contributed by atoms with Gasteiger partial charge in [-0.1, -0.05) is 192 Å². The Labute approximate surface area is 421 Å². The van der Waals surface area contributed by atoms with Crippen molar-refractivity contribution in [1.82, 2.24) is 0 Å². The zero-order valence-corrected chi connectivity index (χ0v) is 43.0. The van der Waals surface area contributed by atoms with Crippen molar-refractivity contribution in [2.75, 3.05) is 0 Å². The third kappa shape index (κ3) is 24.7. The van der Waals surface area contributed by atoms with E-state index in [2.05, 4.69) is 13.8 Å². The molecular weight excluding hydrogens is 889 g/mol. The number of aryl methyl sites for hydroxylation is 2. The van der Waals surface area contributed by atoms with Gasteiger partial charge < -0.3 is 24.2 Å². The number of rotatable bonds is 32. The molecule has 4 aromatic rings. The first-order valence-corrected chi connectivity index (χ1v) is 26.8. The first kappa shape index (κ1) is 58.3. The average molecular weight is 963 g/mol. The van der Waals surface area contributed by atoms with Gasteiger partial charge in [0.15, 0.2) is 11.5 Å². The van der Waals surface area contributed by atoms with Gasteiger partial charge in [-0.3, -0.25) is 4.55 Å². The predicted octanol–water partition coefficient (Wildman–Crippen LogP) is 14.0. The van der Waals surface area contributed by atoms with Gasteiger partial charge in [-0.2, -0.15) is 8.42 Å². The number of unbranched alkanes of at least 4 members (excludes halogenated alkanes) is 22. The Morgan fingerprint density at radius 2 is 0.800 bits per heavy atom. The van der Waals surface area contributed by atoms with Gasteiger partial charge in [-0.25, -0.2) is 8.42 Å². The number of aromatic hydroxyl groups is 1. The van der Waals surface area contributed by atoms with Gasteiger partial charge in [0, 0.05) is 0 Å². The van der Waals surface area contributed by atoms with Crippen molar-refractivity contribution in [3.8, 4) is 34.5 Å². The van der Waals surface area contributed by atoms with Gasteiger partial charge in [0.25, 0.3) is 10.1 Å². The van der Waals surface area contributed by atoms with Crippen molar-refractivity contribution in [3.05, 3.63) is 96.1 Å². The van der Waals surface area contributed by atoms with Crippen LogP contribution in [-0.2, 0) is 33.1 Å². The minimum absolute atomic E-state index is 0. The molecule has 0 heterocycles.